The van der Waals surface area contributed by atoms with Crippen molar-refractivity contribution in [3.05, 3.63) is 77.6 Å². The SMILES string of the molecule is COc1cc2ccccc2cc1COC1CN(OC(=O)OC(C)(C)C)CCC1c1ccc(F)cc1. The number of benzene rings is 3. The molecule has 0 bridgehead atoms. The molecule has 4 rings (SSSR count). The van der Waals surface area contributed by atoms with E-state index in [-0.39, 0.29) is 17.8 Å². The smallest absolute Gasteiger partial charge is 0.496 e. The lowest BCUT2D eigenvalue weighted by Crippen LogP contribution is -2.45. The van der Waals surface area contributed by atoms with Crippen molar-refractivity contribution in [3.8, 4) is 5.75 Å². The van der Waals surface area contributed by atoms with Gasteiger partial charge in [-0.2, -0.15) is 0 Å². The topological polar surface area (TPSA) is 57.2 Å². The van der Waals surface area contributed by atoms with Crippen molar-refractivity contribution in [2.24, 2.45) is 0 Å². The molecule has 1 aliphatic heterocycles. The van der Waals surface area contributed by atoms with Crippen LogP contribution in [0.3, 0.4) is 0 Å². The highest BCUT2D eigenvalue weighted by atomic mass is 19.1. The summed E-state index contributed by atoms with van der Waals surface area (Å²) in [6, 6.07) is 18.7. The maximum Gasteiger partial charge on any atom is 0.528 e. The summed E-state index contributed by atoms with van der Waals surface area (Å²) in [6.45, 7) is 6.56. The average molecular weight is 482 g/mol. The van der Waals surface area contributed by atoms with Gasteiger partial charge in [-0.25, -0.2) is 9.18 Å². The van der Waals surface area contributed by atoms with Crippen LogP contribution < -0.4 is 4.74 Å². The number of carbonyl (C=O) groups is 1. The Morgan fingerprint density at radius 2 is 1.74 bits per heavy atom. The first-order valence-electron chi connectivity index (χ1n) is 11.8. The second-order valence-corrected chi connectivity index (χ2v) is 9.75. The predicted molar refractivity (Wildman–Crippen MR) is 132 cm³/mol. The molecule has 6 nitrogen and oxygen atoms in total. The molecule has 7 heteroatoms. The van der Waals surface area contributed by atoms with Crippen LogP contribution in [0.4, 0.5) is 9.18 Å². The van der Waals surface area contributed by atoms with E-state index >= 15 is 0 Å². The van der Waals surface area contributed by atoms with Gasteiger partial charge in [0, 0.05) is 18.0 Å². The Labute approximate surface area is 205 Å². The second kappa shape index (κ2) is 10.6. The summed E-state index contributed by atoms with van der Waals surface area (Å²) in [5.74, 6) is 0.484. The molecule has 3 aromatic carbocycles. The molecule has 0 aliphatic carbocycles. The van der Waals surface area contributed by atoms with Gasteiger partial charge in [-0.3, -0.25) is 0 Å². The molecular formula is C28H32FNO5. The van der Waals surface area contributed by atoms with Crippen molar-refractivity contribution in [2.75, 3.05) is 20.2 Å². The molecule has 0 saturated carbocycles. The van der Waals surface area contributed by atoms with E-state index in [1.807, 2.05) is 24.3 Å². The van der Waals surface area contributed by atoms with Crippen molar-refractivity contribution in [1.82, 2.24) is 5.06 Å². The molecule has 2 atom stereocenters. The van der Waals surface area contributed by atoms with Crippen molar-refractivity contribution < 1.29 is 28.2 Å². The van der Waals surface area contributed by atoms with E-state index in [1.54, 1.807) is 45.1 Å². The van der Waals surface area contributed by atoms with Gasteiger partial charge in [0.15, 0.2) is 0 Å². The van der Waals surface area contributed by atoms with Crippen LogP contribution in [0.2, 0.25) is 0 Å². The fraction of sp³-hybridized carbons (Fsp3) is 0.393. The van der Waals surface area contributed by atoms with E-state index in [0.29, 0.717) is 26.1 Å². The molecule has 3 aromatic rings. The van der Waals surface area contributed by atoms with Crippen LogP contribution in [0.5, 0.6) is 5.75 Å². The lowest BCUT2D eigenvalue weighted by molar-refractivity contribution is -0.179. The molecule has 0 aromatic heterocycles. The minimum absolute atomic E-state index is 0.0144. The Morgan fingerprint density at radius 3 is 2.40 bits per heavy atom. The minimum atomic E-state index is -0.743. The summed E-state index contributed by atoms with van der Waals surface area (Å²) in [5, 5.41) is 3.77. The molecule has 186 valence electrons. The van der Waals surface area contributed by atoms with E-state index in [0.717, 1.165) is 27.6 Å². The van der Waals surface area contributed by atoms with Gasteiger partial charge in [-0.1, -0.05) is 36.4 Å². The fourth-order valence-electron chi connectivity index (χ4n) is 4.37. The first-order chi connectivity index (χ1) is 16.7. The maximum absolute atomic E-state index is 13.5. The van der Waals surface area contributed by atoms with Crippen molar-refractivity contribution in [3.63, 3.8) is 0 Å². The van der Waals surface area contributed by atoms with Crippen LogP contribution in [-0.2, 0) is 20.9 Å². The third-order valence-corrected chi connectivity index (χ3v) is 6.01. The molecule has 1 fully saturated rings. The monoisotopic (exact) mass is 481 g/mol. The molecule has 0 spiro atoms. The number of carbonyl (C=O) groups excluding carboxylic acids is 1. The summed E-state index contributed by atoms with van der Waals surface area (Å²) < 4.78 is 30.9. The quantitative estimate of drug-likeness (QED) is 0.389. The van der Waals surface area contributed by atoms with Gasteiger partial charge in [-0.05, 0) is 67.8 Å². The number of hydrogen-bond donors (Lipinski definition) is 0. The standard InChI is InChI=1S/C28H32FNO5/c1-28(2,3)34-27(31)35-30-14-13-24(19-9-11-23(29)12-10-19)26(17-30)33-18-22-15-20-7-5-6-8-21(20)16-25(22)32-4/h5-12,15-16,24,26H,13-14,17-18H2,1-4H3. The minimum Gasteiger partial charge on any atom is -0.496 e. The van der Waals surface area contributed by atoms with Gasteiger partial charge in [0.25, 0.3) is 0 Å². The Kier molecular flexibility index (Phi) is 7.57. The van der Waals surface area contributed by atoms with Gasteiger partial charge in [-0.15, -0.1) is 5.06 Å². The second-order valence-electron chi connectivity index (χ2n) is 9.75. The molecule has 1 aliphatic rings. The zero-order valence-corrected chi connectivity index (χ0v) is 20.6. The Bertz CT molecular complexity index is 1160. The van der Waals surface area contributed by atoms with Crippen LogP contribution in [0.1, 0.15) is 44.2 Å². The van der Waals surface area contributed by atoms with E-state index in [4.69, 9.17) is 19.0 Å². The number of methoxy groups -OCH3 is 1. The molecule has 2 unspecified atom stereocenters. The predicted octanol–water partition coefficient (Wildman–Crippen LogP) is 6.23. The average Bonchev–Trinajstić information content (AvgIpc) is 2.81. The molecular weight excluding hydrogens is 449 g/mol. The number of hydroxylamine groups is 2. The Morgan fingerprint density at radius 1 is 1.06 bits per heavy atom. The number of hydrogen-bond acceptors (Lipinski definition) is 6. The van der Waals surface area contributed by atoms with E-state index in [1.165, 1.54) is 12.1 Å². The van der Waals surface area contributed by atoms with Crippen molar-refractivity contribution in [1.29, 1.82) is 0 Å². The van der Waals surface area contributed by atoms with Crippen LogP contribution >= 0.6 is 0 Å². The number of fused-ring (bicyclic) bond motifs is 1. The molecule has 0 amide bonds. The number of nitrogens with zero attached hydrogens (tertiary/aromatic N) is 1. The maximum atomic E-state index is 13.5. The number of rotatable bonds is 6. The third-order valence-electron chi connectivity index (χ3n) is 6.01. The van der Waals surface area contributed by atoms with Gasteiger partial charge in [0.1, 0.15) is 17.2 Å². The van der Waals surface area contributed by atoms with Gasteiger partial charge in [0.2, 0.25) is 0 Å². The summed E-state index contributed by atoms with van der Waals surface area (Å²) in [4.78, 5) is 17.7. The highest BCUT2D eigenvalue weighted by molar-refractivity contribution is 5.84. The largest absolute Gasteiger partial charge is 0.528 e. The highest BCUT2D eigenvalue weighted by Gasteiger charge is 2.34. The first kappa shape index (κ1) is 24.9. The summed E-state index contributed by atoms with van der Waals surface area (Å²) >= 11 is 0. The lowest BCUT2D eigenvalue weighted by atomic mass is 9.87. The van der Waals surface area contributed by atoms with Crippen LogP contribution in [0.25, 0.3) is 10.8 Å². The van der Waals surface area contributed by atoms with E-state index in [9.17, 15) is 9.18 Å². The third kappa shape index (κ3) is 6.50. The van der Waals surface area contributed by atoms with Gasteiger partial charge >= 0.3 is 6.16 Å². The fourth-order valence-corrected chi connectivity index (χ4v) is 4.37. The zero-order valence-electron chi connectivity index (χ0n) is 20.6. The summed E-state index contributed by atoms with van der Waals surface area (Å²) in [6.07, 6.45) is -0.367. The molecule has 1 heterocycles. The van der Waals surface area contributed by atoms with E-state index in [2.05, 4.69) is 12.1 Å². The van der Waals surface area contributed by atoms with Gasteiger partial charge < -0.3 is 19.0 Å². The van der Waals surface area contributed by atoms with Crippen molar-refractivity contribution in [2.45, 2.75) is 51.4 Å². The van der Waals surface area contributed by atoms with E-state index < -0.39 is 11.8 Å². The molecule has 0 N–H and O–H groups in total. The number of halogens is 1. The number of ether oxygens (including phenoxy) is 3. The summed E-state index contributed by atoms with van der Waals surface area (Å²) in [7, 11) is 1.64. The van der Waals surface area contributed by atoms with Crippen molar-refractivity contribution >= 4 is 16.9 Å². The lowest BCUT2D eigenvalue weighted by Gasteiger charge is -2.37. The molecule has 1 saturated heterocycles. The molecule has 0 radical (unpaired) electrons. The summed E-state index contributed by atoms with van der Waals surface area (Å²) in [5.41, 5.74) is 1.26. The molecule has 35 heavy (non-hydrogen) atoms. The zero-order chi connectivity index (χ0) is 25.0. The van der Waals surface area contributed by atoms with Crippen LogP contribution in [0, 0.1) is 5.82 Å². The van der Waals surface area contributed by atoms with Gasteiger partial charge in [0.05, 0.1) is 26.4 Å². The van der Waals surface area contributed by atoms with Crippen LogP contribution in [0.15, 0.2) is 60.7 Å². The highest BCUT2D eigenvalue weighted by Crippen LogP contribution is 2.33. The Hall–Kier alpha value is -3.16. The number of piperidine rings is 1. The Balaban J connectivity index is 1.53. The normalized spacial score (nSPS) is 18.9. The van der Waals surface area contributed by atoms with Crippen LogP contribution in [-0.4, -0.2) is 43.1 Å². The first-order valence-corrected chi connectivity index (χ1v) is 11.8.